The van der Waals surface area contributed by atoms with E-state index >= 15 is 0 Å². The molecule has 1 aromatic heterocycles. The summed E-state index contributed by atoms with van der Waals surface area (Å²) in [6.45, 7) is 1.26. The largest absolute Gasteiger partial charge is 0.486 e. The van der Waals surface area contributed by atoms with Crippen molar-refractivity contribution < 1.29 is 9.47 Å². The van der Waals surface area contributed by atoms with Crippen molar-refractivity contribution in [3.8, 4) is 11.5 Å². The molecule has 0 radical (unpaired) electrons. The minimum atomic E-state index is 0.626. The average Bonchev–Trinajstić information content (AvgIpc) is 3.19. The first-order valence-corrected chi connectivity index (χ1v) is 8.13. The fraction of sp³-hybridized carbons (Fsp3) is 0.588. The van der Waals surface area contributed by atoms with E-state index in [1.807, 2.05) is 12.1 Å². The number of fused-ring (bicyclic) bond motifs is 4. The number of imidazole rings is 1. The van der Waals surface area contributed by atoms with Crippen LogP contribution in [0.3, 0.4) is 0 Å². The van der Waals surface area contributed by atoms with E-state index in [1.165, 1.54) is 25.7 Å². The number of aromatic amines is 1. The van der Waals surface area contributed by atoms with Gasteiger partial charge in [0.05, 0.1) is 11.0 Å². The number of nitrogens with zero attached hydrogens (tertiary/aromatic N) is 1. The standard InChI is InChI=1S/C17H20N2O2/c1-2-11-5-10(1)6-12(11)7-17-18-13-8-15-16(9-14(13)19-17)21-4-3-20-15/h8-12H,1-7H2,(H,18,19). The SMILES string of the molecule is c1c2c(cc3[nH]c(CC4CC5CCC4C5)nc13)OCCO2. The Morgan fingerprint density at radius 3 is 2.71 bits per heavy atom. The second-order valence-corrected chi connectivity index (χ2v) is 6.84. The predicted molar refractivity (Wildman–Crippen MR) is 79.7 cm³/mol. The highest BCUT2D eigenvalue weighted by Gasteiger charge is 2.39. The molecule has 1 aliphatic heterocycles. The highest BCUT2D eigenvalue weighted by molar-refractivity contribution is 5.79. The van der Waals surface area contributed by atoms with Gasteiger partial charge in [0, 0.05) is 18.6 Å². The Kier molecular flexibility index (Phi) is 2.49. The lowest BCUT2D eigenvalue weighted by atomic mass is 9.86. The van der Waals surface area contributed by atoms with E-state index in [2.05, 4.69) is 4.98 Å². The number of ether oxygens (including phenoxy) is 2. The zero-order valence-electron chi connectivity index (χ0n) is 12.1. The van der Waals surface area contributed by atoms with Gasteiger partial charge in [0.2, 0.25) is 0 Å². The number of nitrogens with one attached hydrogen (secondary N) is 1. The highest BCUT2D eigenvalue weighted by Crippen LogP contribution is 2.49. The first kappa shape index (κ1) is 11.9. The summed E-state index contributed by atoms with van der Waals surface area (Å²) in [5.74, 6) is 5.58. The molecule has 4 nitrogen and oxygen atoms in total. The van der Waals surface area contributed by atoms with Gasteiger partial charge in [-0.2, -0.15) is 0 Å². The molecule has 3 atom stereocenters. The first-order chi connectivity index (χ1) is 10.3. The van der Waals surface area contributed by atoms with Crippen molar-refractivity contribution in [2.75, 3.05) is 13.2 Å². The molecule has 2 bridgehead atoms. The lowest BCUT2D eigenvalue weighted by molar-refractivity contribution is 0.172. The average molecular weight is 284 g/mol. The van der Waals surface area contributed by atoms with Crippen LogP contribution in [0.25, 0.3) is 11.0 Å². The van der Waals surface area contributed by atoms with Crippen molar-refractivity contribution in [1.82, 2.24) is 9.97 Å². The number of benzene rings is 1. The van der Waals surface area contributed by atoms with E-state index < -0.39 is 0 Å². The molecule has 2 aliphatic carbocycles. The summed E-state index contributed by atoms with van der Waals surface area (Å²) in [4.78, 5) is 8.26. The molecule has 2 heterocycles. The number of hydrogen-bond donors (Lipinski definition) is 1. The van der Waals surface area contributed by atoms with Crippen LogP contribution in [0.1, 0.15) is 31.5 Å². The van der Waals surface area contributed by atoms with Crippen LogP contribution >= 0.6 is 0 Å². The molecule has 1 N–H and O–H groups in total. The van der Waals surface area contributed by atoms with Crippen molar-refractivity contribution in [2.45, 2.75) is 32.1 Å². The molecule has 21 heavy (non-hydrogen) atoms. The van der Waals surface area contributed by atoms with Crippen molar-refractivity contribution in [3.05, 3.63) is 18.0 Å². The molecule has 4 heteroatoms. The van der Waals surface area contributed by atoms with Crippen LogP contribution in [0.5, 0.6) is 11.5 Å². The Balaban J connectivity index is 1.44. The summed E-state index contributed by atoms with van der Waals surface area (Å²) in [5, 5.41) is 0. The minimum Gasteiger partial charge on any atom is -0.486 e. The number of aromatic nitrogens is 2. The summed E-state index contributed by atoms with van der Waals surface area (Å²) in [7, 11) is 0. The zero-order chi connectivity index (χ0) is 13.8. The van der Waals surface area contributed by atoms with Crippen molar-refractivity contribution in [2.24, 2.45) is 17.8 Å². The van der Waals surface area contributed by atoms with Crippen LogP contribution in [0.15, 0.2) is 12.1 Å². The van der Waals surface area contributed by atoms with E-state index in [0.717, 1.165) is 52.5 Å². The molecule has 5 rings (SSSR count). The third kappa shape index (κ3) is 1.92. The topological polar surface area (TPSA) is 47.1 Å². The van der Waals surface area contributed by atoms with Gasteiger partial charge in [0.25, 0.3) is 0 Å². The van der Waals surface area contributed by atoms with Crippen LogP contribution in [0.4, 0.5) is 0 Å². The second-order valence-electron chi connectivity index (χ2n) is 6.84. The quantitative estimate of drug-likeness (QED) is 0.920. The Hall–Kier alpha value is -1.71. The van der Waals surface area contributed by atoms with Crippen molar-refractivity contribution >= 4 is 11.0 Å². The third-order valence-electron chi connectivity index (χ3n) is 5.53. The van der Waals surface area contributed by atoms with E-state index in [1.54, 1.807) is 0 Å². The van der Waals surface area contributed by atoms with E-state index in [9.17, 15) is 0 Å². The Bertz CT molecular complexity index is 650. The van der Waals surface area contributed by atoms with Crippen LogP contribution in [-0.4, -0.2) is 23.2 Å². The molecular formula is C17H20N2O2. The van der Waals surface area contributed by atoms with E-state index in [4.69, 9.17) is 14.5 Å². The maximum absolute atomic E-state index is 5.64. The molecule has 3 unspecified atom stereocenters. The van der Waals surface area contributed by atoms with Gasteiger partial charge in [-0.3, -0.25) is 0 Å². The molecule has 0 spiro atoms. The van der Waals surface area contributed by atoms with Gasteiger partial charge in [-0.1, -0.05) is 6.42 Å². The van der Waals surface area contributed by atoms with Gasteiger partial charge in [0.15, 0.2) is 11.5 Å². The Labute approximate surface area is 123 Å². The molecule has 110 valence electrons. The number of H-pyrrole nitrogens is 1. The van der Waals surface area contributed by atoms with Gasteiger partial charge in [-0.05, 0) is 37.0 Å². The maximum atomic E-state index is 5.64. The van der Waals surface area contributed by atoms with E-state index in [-0.39, 0.29) is 0 Å². The van der Waals surface area contributed by atoms with Crippen LogP contribution in [0.2, 0.25) is 0 Å². The third-order valence-corrected chi connectivity index (χ3v) is 5.53. The molecule has 2 aromatic rings. The Morgan fingerprint density at radius 1 is 1.10 bits per heavy atom. The second kappa shape index (κ2) is 4.39. The van der Waals surface area contributed by atoms with Crippen LogP contribution < -0.4 is 9.47 Å². The Morgan fingerprint density at radius 2 is 1.95 bits per heavy atom. The highest BCUT2D eigenvalue weighted by atomic mass is 16.6. The molecule has 1 aromatic carbocycles. The monoisotopic (exact) mass is 284 g/mol. The van der Waals surface area contributed by atoms with E-state index in [0.29, 0.717) is 13.2 Å². The van der Waals surface area contributed by atoms with Gasteiger partial charge < -0.3 is 14.5 Å². The summed E-state index contributed by atoms with van der Waals surface area (Å²) >= 11 is 0. The molecule has 3 aliphatic rings. The summed E-state index contributed by atoms with van der Waals surface area (Å²) in [6, 6.07) is 4.03. The maximum Gasteiger partial charge on any atom is 0.163 e. The smallest absolute Gasteiger partial charge is 0.163 e. The van der Waals surface area contributed by atoms with Gasteiger partial charge in [0.1, 0.15) is 19.0 Å². The molecule has 2 fully saturated rings. The van der Waals surface area contributed by atoms with Crippen molar-refractivity contribution in [1.29, 1.82) is 0 Å². The zero-order valence-corrected chi connectivity index (χ0v) is 12.1. The van der Waals surface area contributed by atoms with Crippen LogP contribution in [0, 0.1) is 17.8 Å². The fourth-order valence-corrected chi connectivity index (χ4v) is 4.57. The minimum absolute atomic E-state index is 0.626. The summed E-state index contributed by atoms with van der Waals surface area (Å²) in [5.41, 5.74) is 2.06. The molecule has 0 amide bonds. The summed E-state index contributed by atoms with van der Waals surface area (Å²) < 4.78 is 11.3. The molecule has 2 saturated carbocycles. The molecular weight excluding hydrogens is 264 g/mol. The summed E-state index contributed by atoms with van der Waals surface area (Å²) in [6.07, 6.45) is 6.86. The van der Waals surface area contributed by atoms with Gasteiger partial charge in [-0.25, -0.2) is 4.98 Å². The molecule has 0 saturated heterocycles. The predicted octanol–water partition coefficient (Wildman–Crippen LogP) is 3.31. The normalized spacial score (nSPS) is 30.2. The number of rotatable bonds is 2. The van der Waals surface area contributed by atoms with Crippen LogP contribution in [-0.2, 0) is 6.42 Å². The lowest BCUT2D eigenvalue weighted by Crippen LogP contribution is -2.15. The lowest BCUT2D eigenvalue weighted by Gasteiger charge is -2.20. The number of hydrogen-bond acceptors (Lipinski definition) is 3. The van der Waals surface area contributed by atoms with Gasteiger partial charge in [-0.15, -0.1) is 0 Å². The first-order valence-electron chi connectivity index (χ1n) is 8.13. The van der Waals surface area contributed by atoms with Gasteiger partial charge >= 0.3 is 0 Å². The van der Waals surface area contributed by atoms with Crippen molar-refractivity contribution in [3.63, 3.8) is 0 Å². The fourth-order valence-electron chi connectivity index (χ4n) is 4.57.